The smallest absolute Gasteiger partial charge is 0.160 e. The minimum atomic E-state index is -0.0382. The highest BCUT2D eigenvalue weighted by Crippen LogP contribution is 2.18. The molecule has 0 radical (unpaired) electrons. The molecule has 1 fully saturated rings. The zero-order valence-corrected chi connectivity index (χ0v) is 7.10. The largest absolute Gasteiger partial charge is 0.350 e. The number of alkyl halides is 1. The number of halogens is 1. The van der Waals surface area contributed by atoms with Crippen molar-refractivity contribution in [2.75, 3.05) is 12.5 Å². The Bertz CT molecular complexity index is 106. The van der Waals surface area contributed by atoms with Gasteiger partial charge in [0.1, 0.15) is 0 Å². The van der Waals surface area contributed by atoms with Crippen LogP contribution in [0.15, 0.2) is 0 Å². The zero-order chi connectivity index (χ0) is 7.56. The van der Waals surface area contributed by atoms with Crippen LogP contribution in [0.5, 0.6) is 0 Å². The van der Waals surface area contributed by atoms with Crippen LogP contribution < -0.4 is 0 Å². The van der Waals surface area contributed by atoms with Crippen LogP contribution in [-0.4, -0.2) is 24.9 Å². The van der Waals surface area contributed by atoms with Gasteiger partial charge in [0.15, 0.2) is 6.29 Å². The van der Waals surface area contributed by atoms with Crippen molar-refractivity contribution in [2.45, 2.75) is 26.2 Å². The normalized spacial score (nSPS) is 33.6. The number of ether oxygens (including phenoxy) is 2. The summed E-state index contributed by atoms with van der Waals surface area (Å²) in [5, 5.41) is 0. The van der Waals surface area contributed by atoms with E-state index in [0.29, 0.717) is 18.4 Å². The van der Waals surface area contributed by atoms with Gasteiger partial charge in [-0.1, -0.05) is 13.8 Å². The van der Waals surface area contributed by atoms with Gasteiger partial charge in [-0.05, 0) is 0 Å². The van der Waals surface area contributed by atoms with E-state index in [1.165, 1.54) is 0 Å². The maximum Gasteiger partial charge on any atom is 0.160 e. The molecule has 0 spiro atoms. The predicted octanol–water partition coefficient (Wildman–Crippen LogP) is 1.62. The Kier molecular flexibility index (Phi) is 2.96. The van der Waals surface area contributed by atoms with Gasteiger partial charge in [-0.3, -0.25) is 0 Å². The lowest BCUT2D eigenvalue weighted by molar-refractivity contribution is -0.0842. The molecule has 0 aliphatic carbocycles. The summed E-state index contributed by atoms with van der Waals surface area (Å²) in [5.74, 6) is 0.955. The van der Waals surface area contributed by atoms with Crippen LogP contribution in [0, 0.1) is 5.92 Å². The van der Waals surface area contributed by atoms with E-state index < -0.39 is 0 Å². The van der Waals surface area contributed by atoms with Crippen molar-refractivity contribution in [3.63, 3.8) is 0 Å². The van der Waals surface area contributed by atoms with Gasteiger partial charge in [0.05, 0.1) is 18.6 Å². The van der Waals surface area contributed by atoms with Crippen molar-refractivity contribution in [3.05, 3.63) is 0 Å². The highest BCUT2D eigenvalue weighted by atomic mass is 35.5. The van der Waals surface area contributed by atoms with Crippen LogP contribution in [0.25, 0.3) is 0 Å². The highest BCUT2D eigenvalue weighted by molar-refractivity contribution is 6.18. The summed E-state index contributed by atoms with van der Waals surface area (Å²) in [6, 6.07) is 0. The molecule has 10 heavy (non-hydrogen) atoms. The molecule has 2 atom stereocenters. The van der Waals surface area contributed by atoms with Gasteiger partial charge in [-0.15, -0.1) is 11.6 Å². The summed E-state index contributed by atoms with van der Waals surface area (Å²) in [4.78, 5) is 0. The fourth-order valence-electron chi connectivity index (χ4n) is 0.901. The lowest BCUT2D eigenvalue weighted by atomic mass is 10.2. The van der Waals surface area contributed by atoms with Crippen molar-refractivity contribution in [1.29, 1.82) is 0 Å². The summed E-state index contributed by atoms with van der Waals surface area (Å²) < 4.78 is 10.7. The lowest BCUT2D eigenvalue weighted by Crippen LogP contribution is -2.18. The van der Waals surface area contributed by atoms with Crippen molar-refractivity contribution in [1.82, 2.24) is 0 Å². The summed E-state index contributed by atoms with van der Waals surface area (Å²) in [5.41, 5.74) is 0. The zero-order valence-electron chi connectivity index (χ0n) is 6.34. The van der Waals surface area contributed by atoms with E-state index in [9.17, 15) is 0 Å². The molecule has 1 heterocycles. The van der Waals surface area contributed by atoms with Crippen molar-refractivity contribution in [3.8, 4) is 0 Å². The van der Waals surface area contributed by atoms with E-state index >= 15 is 0 Å². The fraction of sp³-hybridized carbons (Fsp3) is 1.00. The molecule has 3 heteroatoms. The topological polar surface area (TPSA) is 18.5 Å². The summed E-state index contributed by atoms with van der Waals surface area (Å²) in [6.07, 6.45) is 0.0674. The molecule has 1 aliphatic rings. The molecule has 1 rings (SSSR count). The lowest BCUT2D eigenvalue weighted by Gasteiger charge is -2.12. The van der Waals surface area contributed by atoms with Crippen LogP contribution in [0.3, 0.4) is 0 Å². The molecule has 0 aromatic heterocycles. The van der Waals surface area contributed by atoms with Crippen LogP contribution in [0.1, 0.15) is 13.8 Å². The van der Waals surface area contributed by atoms with Gasteiger partial charge >= 0.3 is 0 Å². The number of hydrogen-bond acceptors (Lipinski definition) is 2. The molecule has 0 N–H and O–H groups in total. The Labute approximate surface area is 66.5 Å². The number of rotatable bonds is 2. The van der Waals surface area contributed by atoms with E-state index in [1.807, 2.05) is 0 Å². The summed E-state index contributed by atoms with van der Waals surface area (Å²) >= 11 is 5.57. The Balaban J connectivity index is 2.28. The molecule has 0 bridgehead atoms. The van der Waals surface area contributed by atoms with Crippen molar-refractivity contribution >= 4 is 11.6 Å². The van der Waals surface area contributed by atoms with Crippen LogP contribution in [-0.2, 0) is 9.47 Å². The molecule has 60 valence electrons. The molecule has 0 aromatic carbocycles. The number of hydrogen-bond donors (Lipinski definition) is 0. The Morgan fingerprint density at radius 2 is 2.30 bits per heavy atom. The molecule has 0 amide bonds. The highest BCUT2D eigenvalue weighted by Gasteiger charge is 2.27. The Hall–Kier alpha value is 0.210. The maximum absolute atomic E-state index is 5.57. The van der Waals surface area contributed by atoms with Gasteiger partial charge in [0, 0.05) is 5.92 Å². The van der Waals surface area contributed by atoms with Crippen LogP contribution in [0.2, 0.25) is 0 Å². The van der Waals surface area contributed by atoms with E-state index in [-0.39, 0.29) is 12.4 Å². The van der Waals surface area contributed by atoms with Crippen molar-refractivity contribution < 1.29 is 9.47 Å². The van der Waals surface area contributed by atoms with Gasteiger partial charge < -0.3 is 9.47 Å². The second-order valence-electron chi connectivity index (χ2n) is 2.86. The van der Waals surface area contributed by atoms with E-state index in [2.05, 4.69) is 13.8 Å². The molecule has 0 saturated carbocycles. The fourth-order valence-corrected chi connectivity index (χ4v) is 1.06. The van der Waals surface area contributed by atoms with Gasteiger partial charge in [-0.25, -0.2) is 0 Å². The first-order valence-electron chi connectivity index (χ1n) is 3.57. The molecular formula is C7H13ClO2. The Morgan fingerprint density at radius 1 is 1.60 bits per heavy atom. The van der Waals surface area contributed by atoms with E-state index in [4.69, 9.17) is 21.1 Å². The van der Waals surface area contributed by atoms with Gasteiger partial charge in [-0.2, -0.15) is 0 Å². The molecule has 1 saturated heterocycles. The van der Waals surface area contributed by atoms with Crippen molar-refractivity contribution in [2.24, 2.45) is 5.92 Å². The average molecular weight is 165 g/mol. The minimum Gasteiger partial charge on any atom is -0.350 e. The molecule has 1 aliphatic heterocycles. The SMILES string of the molecule is CC(C)C1OCC(CCl)O1. The monoisotopic (exact) mass is 164 g/mol. The van der Waals surface area contributed by atoms with Crippen LogP contribution in [0.4, 0.5) is 0 Å². The quantitative estimate of drug-likeness (QED) is 0.578. The van der Waals surface area contributed by atoms with E-state index in [0.717, 1.165) is 0 Å². The summed E-state index contributed by atoms with van der Waals surface area (Å²) in [7, 11) is 0. The molecular weight excluding hydrogens is 152 g/mol. The molecule has 0 aromatic rings. The second kappa shape index (κ2) is 3.56. The third kappa shape index (κ3) is 1.84. The standard InChI is InChI=1S/C7H13ClO2/c1-5(2)7-9-4-6(3-8)10-7/h5-7H,3-4H2,1-2H3. The third-order valence-corrected chi connectivity index (χ3v) is 1.83. The van der Waals surface area contributed by atoms with Gasteiger partial charge in [0.2, 0.25) is 0 Å². The minimum absolute atomic E-state index is 0.0382. The van der Waals surface area contributed by atoms with Crippen LogP contribution >= 0.6 is 11.6 Å². The first-order valence-corrected chi connectivity index (χ1v) is 4.10. The van der Waals surface area contributed by atoms with Gasteiger partial charge in [0.25, 0.3) is 0 Å². The molecule has 2 nitrogen and oxygen atoms in total. The predicted molar refractivity (Wildman–Crippen MR) is 40.2 cm³/mol. The summed E-state index contributed by atoms with van der Waals surface area (Å²) in [6.45, 7) is 4.79. The third-order valence-electron chi connectivity index (χ3n) is 1.49. The van der Waals surface area contributed by atoms with E-state index in [1.54, 1.807) is 0 Å². The average Bonchev–Trinajstić information content (AvgIpc) is 2.34. The first kappa shape index (κ1) is 8.31. The molecule has 2 unspecified atom stereocenters. The first-order chi connectivity index (χ1) is 4.74. The second-order valence-corrected chi connectivity index (χ2v) is 3.17. The maximum atomic E-state index is 5.57. The Morgan fingerprint density at radius 3 is 2.60 bits per heavy atom.